The minimum absolute atomic E-state index is 0.0214. The van der Waals surface area contributed by atoms with Crippen LogP contribution >= 0.6 is 0 Å². The molecule has 0 aromatic carbocycles. The van der Waals surface area contributed by atoms with Gasteiger partial charge in [-0.05, 0) is 24.6 Å². The van der Waals surface area contributed by atoms with Crippen molar-refractivity contribution in [1.82, 2.24) is 0 Å². The lowest BCUT2D eigenvalue weighted by molar-refractivity contribution is 0.107. The highest BCUT2D eigenvalue weighted by molar-refractivity contribution is 5.60. The highest BCUT2D eigenvalue weighted by Gasteiger charge is 2.13. The molecule has 1 aliphatic carbocycles. The minimum atomic E-state index is -1.45. The summed E-state index contributed by atoms with van der Waals surface area (Å²) in [5, 5.41) is 16.9. The van der Waals surface area contributed by atoms with Crippen molar-refractivity contribution in [1.29, 1.82) is 0 Å². The van der Waals surface area contributed by atoms with E-state index in [-0.39, 0.29) is 17.9 Å². The fourth-order valence-electron chi connectivity index (χ4n) is 1.17. The summed E-state index contributed by atoms with van der Waals surface area (Å²) in [6.07, 6.45) is 1.65. The van der Waals surface area contributed by atoms with Crippen molar-refractivity contribution < 1.29 is 29.3 Å². The van der Waals surface area contributed by atoms with Crippen LogP contribution in [0.3, 0.4) is 0 Å². The highest BCUT2D eigenvalue weighted by Crippen LogP contribution is 2.20. The van der Waals surface area contributed by atoms with Gasteiger partial charge in [0.05, 0.1) is 6.42 Å². The summed E-state index contributed by atoms with van der Waals surface area (Å²) >= 11 is 0. The Morgan fingerprint density at radius 3 is 2.25 bits per heavy atom. The first kappa shape index (κ1) is 11.8. The van der Waals surface area contributed by atoms with E-state index >= 15 is 0 Å². The van der Waals surface area contributed by atoms with Crippen molar-refractivity contribution in [2.45, 2.75) is 13.3 Å². The monoisotopic (exact) mass is 226 g/mol. The second kappa shape index (κ2) is 5.01. The Kier molecular flexibility index (Phi) is 3.71. The Balaban J connectivity index is 2.83. The molecule has 0 saturated heterocycles. The predicted molar refractivity (Wildman–Crippen MR) is 52.8 cm³/mol. The van der Waals surface area contributed by atoms with Gasteiger partial charge in [0.1, 0.15) is 11.5 Å². The zero-order valence-corrected chi connectivity index (χ0v) is 8.47. The van der Waals surface area contributed by atoms with Crippen LogP contribution in [0.25, 0.3) is 0 Å². The molecule has 6 nitrogen and oxygen atoms in total. The molecule has 0 unspecified atom stereocenters. The third kappa shape index (κ3) is 3.87. The Labute approximate surface area is 91.1 Å². The first-order chi connectivity index (χ1) is 7.47. The third-order valence-corrected chi connectivity index (χ3v) is 1.71. The van der Waals surface area contributed by atoms with E-state index in [1.807, 2.05) is 0 Å². The fourth-order valence-corrected chi connectivity index (χ4v) is 1.17. The van der Waals surface area contributed by atoms with E-state index in [0.717, 1.165) is 5.57 Å². The standard InChI is InChI=1S/C10H10O6/c1-6-2-3-7(15-9(11)12)5-8(4-6)16-10(13)14/h2-4H,5H2,1H3,(H,11,12)(H,13,14). The first-order valence-corrected chi connectivity index (χ1v) is 4.37. The molecule has 0 amide bonds. The Bertz CT molecular complexity index is 402. The van der Waals surface area contributed by atoms with Crippen molar-refractivity contribution in [2.24, 2.45) is 0 Å². The molecule has 0 aliphatic heterocycles. The van der Waals surface area contributed by atoms with Crippen LogP contribution in [0.15, 0.2) is 35.3 Å². The highest BCUT2D eigenvalue weighted by atomic mass is 16.7. The van der Waals surface area contributed by atoms with E-state index in [4.69, 9.17) is 10.2 Å². The van der Waals surface area contributed by atoms with Crippen LogP contribution in [0.5, 0.6) is 0 Å². The predicted octanol–water partition coefficient (Wildman–Crippen LogP) is 2.49. The van der Waals surface area contributed by atoms with Crippen LogP contribution in [-0.4, -0.2) is 22.5 Å². The molecule has 0 saturated carbocycles. The zero-order chi connectivity index (χ0) is 12.1. The van der Waals surface area contributed by atoms with Gasteiger partial charge in [-0.3, -0.25) is 0 Å². The number of hydrogen-bond acceptors (Lipinski definition) is 4. The number of carboxylic acid groups (broad SMARTS) is 2. The maximum absolute atomic E-state index is 10.4. The molecule has 1 aliphatic rings. The topological polar surface area (TPSA) is 93.1 Å². The summed E-state index contributed by atoms with van der Waals surface area (Å²) in [6, 6.07) is 0. The van der Waals surface area contributed by atoms with Crippen molar-refractivity contribution in [2.75, 3.05) is 0 Å². The van der Waals surface area contributed by atoms with Crippen LogP contribution in [0.1, 0.15) is 13.3 Å². The maximum atomic E-state index is 10.4. The van der Waals surface area contributed by atoms with Gasteiger partial charge in [-0.1, -0.05) is 6.08 Å². The molecule has 0 atom stereocenters. The molecule has 86 valence electrons. The normalized spacial score (nSPS) is 15.2. The fraction of sp³-hybridized carbons (Fsp3) is 0.200. The van der Waals surface area contributed by atoms with E-state index in [2.05, 4.69) is 9.47 Å². The molecule has 2 N–H and O–H groups in total. The molecular formula is C10H10O6. The summed E-state index contributed by atoms with van der Waals surface area (Å²) in [6.45, 7) is 1.73. The zero-order valence-electron chi connectivity index (χ0n) is 8.47. The van der Waals surface area contributed by atoms with Crippen molar-refractivity contribution in [3.8, 4) is 0 Å². The molecule has 0 spiro atoms. The SMILES string of the molecule is CC1=CC=C(OC(=O)O)CC(OC(=O)O)=C1. The Hall–Kier alpha value is -2.24. The van der Waals surface area contributed by atoms with Crippen LogP contribution < -0.4 is 0 Å². The van der Waals surface area contributed by atoms with Crippen molar-refractivity contribution in [3.05, 3.63) is 35.3 Å². The smallest absolute Gasteiger partial charge is 0.449 e. The molecule has 6 heteroatoms. The molecule has 0 radical (unpaired) electrons. The van der Waals surface area contributed by atoms with Crippen LogP contribution in [-0.2, 0) is 9.47 Å². The van der Waals surface area contributed by atoms with Crippen LogP contribution in [0, 0.1) is 0 Å². The Morgan fingerprint density at radius 2 is 1.69 bits per heavy atom. The molecule has 0 bridgehead atoms. The lowest BCUT2D eigenvalue weighted by Gasteiger charge is -2.06. The molecule has 0 fully saturated rings. The van der Waals surface area contributed by atoms with Gasteiger partial charge in [0, 0.05) is 0 Å². The molecule has 1 rings (SSSR count). The van der Waals surface area contributed by atoms with Gasteiger partial charge in [0.15, 0.2) is 0 Å². The number of carbonyl (C=O) groups is 2. The number of rotatable bonds is 2. The Morgan fingerprint density at radius 1 is 1.12 bits per heavy atom. The number of allylic oxidation sites excluding steroid dienone is 4. The second-order valence-electron chi connectivity index (χ2n) is 3.07. The van der Waals surface area contributed by atoms with Gasteiger partial charge < -0.3 is 19.7 Å². The lowest BCUT2D eigenvalue weighted by Crippen LogP contribution is -2.05. The van der Waals surface area contributed by atoms with Crippen molar-refractivity contribution in [3.63, 3.8) is 0 Å². The summed E-state index contributed by atoms with van der Waals surface area (Å²) < 4.78 is 8.93. The quantitative estimate of drug-likeness (QED) is 0.702. The summed E-state index contributed by atoms with van der Waals surface area (Å²) in [5.74, 6) is 0.225. The number of hydrogen-bond donors (Lipinski definition) is 2. The van der Waals surface area contributed by atoms with Gasteiger partial charge in [-0.2, -0.15) is 0 Å². The largest absolute Gasteiger partial charge is 0.511 e. The average molecular weight is 226 g/mol. The van der Waals surface area contributed by atoms with Crippen LogP contribution in [0.4, 0.5) is 9.59 Å². The second-order valence-corrected chi connectivity index (χ2v) is 3.07. The molecule has 0 heterocycles. The van der Waals surface area contributed by atoms with Gasteiger partial charge >= 0.3 is 12.3 Å². The summed E-state index contributed by atoms with van der Waals surface area (Å²) in [4.78, 5) is 20.7. The van der Waals surface area contributed by atoms with Gasteiger partial charge in [0.2, 0.25) is 0 Å². The van der Waals surface area contributed by atoms with Gasteiger partial charge in [-0.15, -0.1) is 0 Å². The van der Waals surface area contributed by atoms with E-state index in [1.54, 1.807) is 13.0 Å². The lowest BCUT2D eigenvalue weighted by atomic mass is 10.2. The van der Waals surface area contributed by atoms with E-state index < -0.39 is 12.3 Å². The number of ether oxygens (including phenoxy) is 2. The summed E-state index contributed by atoms with van der Waals surface area (Å²) in [5.41, 5.74) is 0.736. The minimum Gasteiger partial charge on any atom is -0.449 e. The van der Waals surface area contributed by atoms with Gasteiger partial charge in [0.25, 0.3) is 0 Å². The molecular weight excluding hydrogens is 216 g/mol. The van der Waals surface area contributed by atoms with Crippen LogP contribution in [0.2, 0.25) is 0 Å². The summed E-state index contributed by atoms with van der Waals surface area (Å²) in [7, 11) is 0. The molecule has 0 aromatic rings. The first-order valence-electron chi connectivity index (χ1n) is 4.37. The molecule has 16 heavy (non-hydrogen) atoms. The molecule has 0 aromatic heterocycles. The third-order valence-electron chi connectivity index (χ3n) is 1.71. The van der Waals surface area contributed by atoms with E-state index in [0.29, 0.717) is 0 Å². The average Bonchev–Trinajstić information content (AvgIpc) is 2.26. The maximum Gasteiger partial charge on any atom is 0.511 e. The van der Waals surface area contributed by atoms with Crippen molar-refractivity contribution >= 4 is 12.3 Å². The van der Waals surface area contributed by atoms with Gasteiger partial charge in [-0.25, -0.2) is 9.59 Å². The van der Waals surface area contributed by atoms with E-state index in [9.17, 15) is 9.59 Å². The van der Waals surface area contributed by atoms with E-state index in [1.165, 1.54) is 12.2 Å².